The molecular weight excluding hydrogens is 294 g/mol. The molecular formula is C18H25NO2S. The number of hydrogen-bond acceptors (Lipinski definition) is 2. The minimum absolute atomic E-state index is 0.251. The SMILES string of the molecule is O=S(=O)(c1ccc2c(c1)CCC2)N1CCC[C@@H]2CCCC[C@@H]21. The molecule has 0 unspecified atom stereocenters. The largest absolute Gasteiger partial charge is 0.243 e. The summed E-state index contributed by atoms with van der Waals surface area (Å²) >= 11 is 0. The molecule has 1 saturated heterocycles. The predicted molar refractivity (Wildman–Crippen MR) is 87.3 cm³/mol. The topological polar surface area (TPSA) is 37.4 Å². The molecule has 0 radical (unpaired) electrons. The third-order valence-corrected chi connectivity index (χ3v) is 7.79. The molecule has 1 aromatic carbocycles. The number of piperidine rings is 1. The molecule has 120 valence electrons. The third-order valence-electron chi connectivity index (χ3n) is 5.87. The van der Waals surface area contributed by atoms with Gasteiger partial charge < -0.3 is 0 Å². The van der Waals surface area contributed by atoms with Crippen LogP contribution in [0.2, 0.25) is 0 Å². The van der Waals surface area contributed by atoms with Crippen LogP contribution in [-0.2, 0) is 22.9 Å². The van der Waals surface area contributed by atoms with Gasteiger partial charge in [0.2, 0.25) is 10.0 Å². The molecule has 1 aromatic rings. The van der Waals surface area contributed by atoms with Crippen molar-refractivity contribution in [1.29, 1.82) is 0 Å². The molecule has 2 aliphatic carbocycles. The van der Waals surface area contributed by atoms with Crippen LogP contribution in [0.25, 0.3) is 0 Å². The molecule has 1 aliphatic heterocycles. The van der Waals surface area contributed by atoms with Crippen LogP contribution in [0.4, 0.5) is 0 Å². The summed E-state index contributed by atoms with van der Waals surface area (Å²) in [7, 11) is -3.32. The monoisotopic (exact) mass is 319 g/mol. The van der Waals surface area contributed by atoms with E-state index in [1.807, 2.05) is 22.5 Å². The standard InChI is InChI=1S/C18H25NO2S/c20-22(21,17-11-10-14-6-3-7-16(14)13-17)19-12-4-8-15-5-1-2-9-18(15)19/h10-11,13,15,18H,1-9,12H2/t15-,18-/m0/s1. The van der Waals surface area contributed by atoms with E-state index in [1.165, 1.54) is 36.8 Å². The number of hydrogen-bond donors (Lipinski definition) is 0. The summed E-state index contributed by atoms with van der Waals surface area (Å²) in [5, 5.41) is 0. The Morgan fingerprint density at radius 2 is 1.68 bits per heavy atom. The van der Waals surface area contributed by atoms with E-state index >= 15 is 0 Å². The molecule has 1 heterocycles. The van der Waals surface area contributed by atoms with Crippen molar-refractivity contribution >= 4 is 10.0 Å². The maximum absolute atomic E-state index is 13.2. The van der Waals surface area contributed by atoms with Crippen LogP contribution in [0, 0.1) is 5.92 Å². The molecule has 1 saturated carbocycles. The van der Waals surface area contributed by atoms with Gasteiger partial charge in [0.25, 0.3) is 0 Å². The first-order valence-corrected chi connectivity index (χ1v) is 10.2. The van der Waals surface area contributed by atoms with Crippen molar-refractivity contribution in [2.45, 2.75) is 68.7 Å². The van der Waals surface area contributed by atoms with Gasteiger partial charge in [0.1, 0.15) is 0 Å². The summed E-state index contributed by atoms with van der Waals surface area (Å²) in [6.45, 7) is 0.709. The van der Waals surface area contributed by atoms with Crippen molar-refractivity contribution < 1.29 is 8.42 Å². The van der Waals surface area contributed by atoms with Gasteiger partial charge in [-0.2, -0.15) is 4.31 Å². The first-order valence-electron chi connectivity index (χ1n) is 8.80. The lowest BCUT2D eigenvalue weighted by Crippen LogP contribution is -2.49. The molecule has 4 rings (SSSR count). The molecule has 22 heavy (non-hydrogen) atoms. The Bertz CT molecular complexity index is 666. The normalized spacial score (nSPS) is 29.1. The van der Waals surface area contributed by atoms with Crippen molar-refractivity contribution in [3.63, 3.8) is 0 Å². The number of aryl methyl sites for hydroxylation is 2. The van der Waals surface area contributed by atoms with Crippen molar-refractivity contribution in [2.75, 3.05) is 6.54 Å². The lowest BCUT2D eigenvalue weighted by molar-refractivity contribution is 0.129. The molecule has 3 aliphatic rings. The van der Waals surface area contributed by atoms with Crippen LogP contribution < -0.4 is 0 Å². The van der Waals surface area contributed by atoms with Gasteiger partial charge in [0, 0.05) is 12.6 Å². The highest BCUT2D eigenvalue weighted by molar-refractivity contribution is 7.89. The summed E-state index contributed by atoms with van der Waals surface area (Å²) in [6.07, 6.45) is 10.2. The van der Waals surface area contributed by atoms with E-state index in [9.17, 15) is 8.42 Å². The smallest absolute Gasteiger partial charge is 0.207 e. The van der Waals surface area contributed by atoms with Crippen LogP contribution in [-0.4, -0.2) is 25.3 Å². The van der Waals surface area contributed by atoms with Gasteiger partial charge in [-0.05, 0) is 74.1 Å². The number of sulfonamides is 1. The minimum atomic E-state index is -3.32. The second-order valence-corrected chi connectivity index (χ2v) is 9.04. The quantitative estimate of drug-likeness (QED) is 0.836. The van der Waals surface area contributed by atoms with E-state index in [2.05, 4.69) is 0 Å². The van der Waals surface area contributed by atoms with Gasteiger partial charge in [-0.3, -0.25) is 0 Å². The molecule has 3 nitrogen and oxygen atoms in total. The van der Waals surface area contributed by atoms with E-state index < -0.39 is 10.0 Å². The molecule has 4 heteroatoms. The van der Waals surface area contributed by atoms with Gasteiger partial charge in [0.05, 0.1) is 4.90 Å². The van der Waals surface area contributed by atoms with Crippen molar-refractivity contribution in [1.82, 2.24) is 4.31 Å². The first-order chi connectivity index (χ1) is 10.7. The number of rotatable bonds is 2. The maximum atomic E-state index is 13.2. The van der Waals surface area contributed by atoms with Crippen LogP contribution in [0.1, 0.15) is 56.1 Å². The Labute approximate surface area is 133 Å². The molecule has 0 bridgehead atoms. The molecule has 0 N–H and O–H groups in total. The molecule has 2 atom stereocenters. The molecule has 0 amide bonds. The van der Waals surface area contributed by atoms with E-state index in [-0.39, 0.29) is 6.04 Å². The zero-order chi connectivity index (χ0) is 15.2. The summed E-state index contributed by atoms with van der Waals surface area (Å²) < 4.78 is 28.2. The van der Waals surface area contributed by atoms with Crippen molar-refractivity contribution in [3.8, 4) is 0 Å². The van der Waals surface area contributed by atoms with Gasteiger partial charge in [-0.25, -0.2) is 8.42 Å². The van der Waals surface area contributed by atoms with Crippen LogP contribution in [0.5, 0.6) is 0 Å². The lowest BCUT2D eigenvalue weighted by Gasteiger charge is -2.43. The molecule has 0 aromatic heterocycles. The fraction of sp³-hybridized carbons (Fsp3) is 0.667. The van der Waals surface area contributed by atoms with Gasteiger partial charge in [0.15, 0.2) is 0 Å². The number of fused-ring (bicyclic) bond motifs is 2. The fourth-order valence-electron chi connectivity index (χ4n) is 4.72. The number of benzene rings is 1. The highest BCUT2D eigenvalue weighted by Gasteiger charge is 2.40. The van der Waals surface area contributed by atoms with Crippen molar-refractivity contribution in [3.05, 3.63) is 29.3 Å². The average Bonchev–Trinajstić information content (AvgIpc) is 3.02. The average molecular weight is 319 g/mol. The highest BCUT2D eigenvalue weighted by atomic mass is 32.2. The van der Waals surface area contributed by atoms with Crippen LogP contribution in [0.3, 0.4) is 0 Å². The minimum Gasteiger partial charge on any atom is -0.207 e. The Hall–Kier alpha value is -0.870. The third kappa shape index (κ3) is 2.41. The van der Waals surface area contributed by atoms with Gasteiger partial charge >= 0.3 is 0 Å². The Balaban J connectivity index is 1.67. The lowest BCUT2D eigenvalue weighted by atomic mass is 9.79. The Morgan fingerprint density at radius 3 is 2.59 bits per heavy atom. The summed E-state index contributed by atoms with van der Waals surface area (Å²) in [6, 6.07) is 6.08. The summed E-state index contributed by atoms with van der Waals surface area (Å²) in [5.74, 6) is 0.590. The predicted octanol–water partition coefficient (Wildman–Crippen LogP) is 3.52. The van der Waals surface area contributed by atoms with Crippen LogP contribution in [0.15, 0.2) is 23.1 Å². The maximum Gasteiger partial charge on any atom is 0.243 e. The van der Waals surface area contributed by atoms with E-state index in [1.54, 1.807) is 0 Å². The zero-order valence-electron chi connectivity index (χ0n) is 13.1. The summed E-state index contributed by atoms with van der Waals surface area (Å²) in [4.78, 5) is 0.527. The molecule has 0 spiro atoms. The number of nitrogens with zero attached hydrogens (tertiary/aromatic N) is 1. The van der Waals surface area contributed by atoms with E-state index in [4.69, 9.17) is 0 Å². The highest BCUT2D eigenvalue weighted by Crippen LogP contribution is 2.38. The van der Waals surface area contributed by atoms with E-state index in [0.29, 0.717) is 17.4 Å². The molecule has 2 fully saturated rings. The second kappa shape index (κ2) is 5.64. The second-order valence-electron chi connectivity index (χ2n) is 7.15. The summed E-state index contributed by atoms with van der Waals surface area (Å²) in [5.41, 5.74) is 2.59. The Morgan fingerprint density at radius 1 is 0.909 bits per heavy atom. The van der Waals surface area contributed by atoms with E-state index in [0.717, 1.165) is 32.1 Å². The zero-order valence-corrected chi connectivity index (χ0v) is 13.9. The van der Waals surface area contributed by atoms with Gasteiger partial charge in [-0.1, -0.05) is 18.9 Å². The Kier molecular flexibility index (Phi) is 3.77. The van der Waals surface area contributed by atoms with Gasteiger partial charge in [-0.15, -0.1) is 0 Å². The van der Waals surface area contributed by atoms with Crippen LogP contribution >= 0.6 is 0 Å². The van der Waals surface area contributed by atoms with Crippen molar-refractivity contribution in [2.24, 2.45) is 5.92 Å². The fourth-order valence-corrected chi connectivity index (χ4v) is 6.53. The first kappa shape index (κ1) is 14.7.